The van der Waals surface area contributed by atoms with E-state index in [0.29, 0.717) is 31.6 Å². The van der Waals surface area contributed by atoms with Gasteiger partial charge in [-0.1, -0.05) is 6.07 Å². The number of alkyl halides is 3. The highest BCUT2D eigenvalue weighted by molar-refractivity contribution is 6.05. The van der Waals surface area contributed by atoms with Crippen LogP contribution in [0.25, 0.3) is 10.9 Å². The summed E-state index contributed by atoms with van der Waals surface area (Å²) < 4.78 is 37.1. The van der Waals surface area contributed by atoms with Gasteiger partial charge in [-0.25, -0.2) is 0 Å². The van der Waals surface area contributed by atoms with Gasteiger partial charge < -0.3 is 5.32 Å². The number of H-pyrrole nitrogens is 1. The summed E-state index contributed by atoms with van der Waals surface area (Å²) in [6, 6.07) is 5.29. The first-order valence-electron chi connectivity index (χ1n) is 7.42. The largest absolute Gasteiger partial charge is 0.401 e. The third-order valence-corrected chi connectivity index (χ3v) is 4.05. The zero-order chi connectivity index (χ0) is 16.4. The van der Waals surface area contributed by atoms with Crippen LogP contribution in [-0.2, 0) is 0 Å². The fourth-order valence-electron chi connectivity index (χ4n) is 2.98. The van der Waals surface area contributed by atoms with Gasteiger partial charge in [-0.2, -0.15) is 18.3 Å². The Balaban J connectivity index is 1.55. The first-order chi connectivity index (χ1) is 10.9. The Labute approximate surface area is 130 Å². The van der Waals surface area contributed by atoms with Gasteiger partial charge in [0.2, 0.25) is 0 Å². The van der Waals surface area contributed by atoms with Gasteiger partial charge in [0.15, 0.2) is 0 Å². The van der Waals surface area contributed by atoms with E-state index in [-0.39, 0.29) is 11.8 Å². The minimum Gasteiger partial charge on any atom is -0.352 e. The molecule has 2 N–H and O–H groups in total. The molecule has 1 atom stereocenters. The van der Waals surface area contributed by atoms with Crippen molar-refractivity contribution in [3.05, 3.63) is 30.0 Å². The zero-order valence-corrected chi connectivity index (χ0v) is 12.4. The number of likely N-dealkylation sites (tertiary alicyclic amines) is 1. The highest BCUT2D eigenvalue weighted by atomic mass is 19.4. The number of nitrogens with one attached hydrogen (secondary N) is 2. The SMILES string of the molecule is O=C(NCC1CCN(CC(F)(F)F)C1)c1cccc2[nH]ncc12. The minimum atomic E-state index is -4.17. The normalized spacial score (nSPS) is 19.3. The molecule has 124 valence electrons. The van der Waals surface area contributed by atoms with Crippen LogP contribution in [0.4, 0.5) is 13.2 Å². The third-order valence-electron chi connectivity index (χ3n) is 4.05. The molecule has 1 aromatic carbocycles. The van der Waals surface area contributed by atoms with Crippen LogP contribution in [0.1, 0.15) is 16.8 Å². The van der Waals surface area contributed by atoms with Crippen molar-refractivity contribution in [1.82, 2.24) is 20.4 Å². The van der Waals surface area contributed by atoms with Crippen LogP contribution in [0.5, 0.6) is 0 Å². The number of fused-ring (bicyclic) bond motifs is 1. The van der Waals surface area contributed by atoms with E-state index in [2.05, 4.69) is 15.5 Å². The van der Waals surface area contributed by atoms with Gasteiger partial charge in [-0.15, -0.1) is 0 Å². The lowest BCUT2D eigenvalue weighted by Crippen LogP contribution is -2.34. The molecule has 1 fully saturated rings. The van der Waals surface area contributed by atoms with E-state index in [9.17, 15) is 18.0 Å². The number of carbonyl (C=O) groups is 1. The second-order valence-corrected chi connectivity index (χ2v) is 5.85. The van der Waals surface area contributed by atoms with Gasteiger partial charge in [0.05, 0.1) is 23.8 Å². The number of amides is 1. The smallest absolute Gasteiger partial charge is 0.352 e. The zero-order valence-electron chi connectivity index (χ0n) is 12.4. The summed E-state index contributed by atoms with van der Waals surface area (Å²) in [6.07, 6.45) is -1.92. The third kappa shape index (κ3) is 3.82. The summed E-state index contributed by atoms with van der Waals surface area (Å²) in [5.41, 5.74) is 1.29. The van der Waals surface area contributed by atoms with Crippen LogP contribution in [0.2, 0.25) is 0 Å². The molecular weight excluding hydrogens is 309 g/mol. The number of halogens is 3. The Kier molecular flexibility index (Phi) is 4.25. The van der Waals surface area contributed by atoms with Gasteiger partial charge in [0.25, 0.3) is 5.91 Å². The van der Waals surface area contributed by atoms with Crippen molar-refractivity contribution >= 4 is 16.8 Å². The molecule has 0 aliphatic carbocycles. The van der Waals surface area contributed by atoms with Crippen LogP contribution in [0.15, 0.2) is 24.4 Å². The summed E-state index contributed by atoms with van der Waals surface area (Å²) in [4.78, 5) is 13.7. The van der Waals surface area contributed by atoms with Crippen molar-refractivity contribution in [2.45, 2.75) is 12.6 Å². The van der Waals surface area contributed by atoms with Crippen molar-refractivity contribution in [3.8, 4) is 0 Å². The Hall–Kier alpha value is -2.09. The predicted octanol–water partition coefficient (Wildman–Crippen LogP) is 2.18. The molecule has 1 amide bonds. The fourth-order valence-corrected chi connectivity index (χ4v) is 2.98. The lowest BCUT2D eigenvalue weighted by Gasteiger charge is -2.18. The Bertz CT molecular complexity index is 697. The minimum absolute atomic E-state index is 0.0462. The van der Waals surface area contributed by atoms with E-state index in [1.807, 2.05) is 6.07 Å². The van der Waals surface area contributed by atoms with Gasteiger partial charge in [0.1, 0.15) is 0 Å². The van der Waals surface area contributed by atoms with Gasteiger partial charge in [-0.3, -0.25) is 14.8 Å². The molecule has 3 rings (SSSR count). The summed E-state index contributed by atoms with van der Waals surface area (Å²) in [5, 5.41) is 10.3. The van der Waals surface area contributed by atoms with Crippen molar-refractivity contribution in [3.63, 3.8) is 0 Å². The average molecular weight is 326 g/mol. The van der Waals surface area contributed by atoms with Crippen molar-refractivity contribution in [2.24, 2.45) is 5.92 Å². The second kappa shape index (κ2) is 6.19. The Morgan fingerprint density at radius 1 is 1.43 bits per heavy atom. The van der Waals surface area contributed by atoms with E-state index in [1.165, 1.54) is 4.90 Å². The molecule has 1 aromatic heterocycles. The first-order valence-corrected chi connectivity index (χ1v) is 7.42. The molecule has 5 nitrogen and oxygen atoms in total. The molecule has 1 unspecified atom stereocenters. The number of hydrogen-bond donors (Lipinski definition) is 2. The number of carbonyl (C=O) groups excluding carboxylic acids is 1. The summed E-state index contributed by atoms with van der Waals surface area (Å²) >= 11 is 0. The molecule has 0 radical (unpaired) electrons. The van der Waals surface area contributed by atoms with Crippen LogP contribution in [-0.4, -0.2) is 53.4 Å². The number of rotatable bonds is 4. The van der Waals surface area contributed by atoms with Crippen LogP contribution in [0.3, 0.4) is 0 Å². The molecule has 8 heteroatoms. The van der Waals surface area contributed by atoms with E-state index in [4.69, 9.17) is 0 Å². The summed E-state index contributed by atoms with van der Waals surface area (Å²) in [5.74, 6) is -0.184. The molecule has 1 aliphatic rings. The highest BCUT2D eigenvalue weighted by Crippen LogP contribution is 2.22. The van der Waals surface area contributed by atoms with Crippen LogP contribution in [0, 0.1) is 5.92 Å². The van der Waals surface area contributed by atoms with Crippen molar-refractivity contribution in [2.75, 3.05) is 26.2 Å². The summed E-state index contributed by atoms with van der Waals surface area (Å²) in [7, 11) is 0. The second-order valence-electron chi connectivity index (χ2n) is 5.85. The topological polar surface area (TPSA) is 61.0 Å². The number of aromatic amines is 1. The quantitative estimate of drug-likeness (QED) is 0.905. The predicted molar refractivity (Wildman–Crippen MR) is 79.0 cm³/mol. The van der Waals surface area contributed by atoms with Crippen LogP contribution < -0.4 is 5.32 Å². The number of hydrogen-bond acceptors (Lipinski definition) is 3. The molecule has 2 heterocycles. The maximum Gasteiger partial charge on any atom is 0.401 e. The average Bonchev–Trinajstić information content (AvgIpc) is 3.11. The molecule has 0 spiro atoms. The molecule has 2 aromatic rings. The lowest BCUT2D eigenvalue weighted by molar-refractivity contribution is -0.143. The van der Waals surface area contributed by atoms with Gasteiger partial charge >= 0.3 is 6.18 Å². The maximum atomic E-state index is 12.4. The van der Waals surface area contributed by atoms with Crippen LogP contribution >= 0.6 is 0 Å². The standard InChI is InChI=1S/C15H17F3N4O/c16-15(17,18)9-22-5-4-10(8-22)6-19-14(23)11-2-1-3-13-12(11)7-20-21-13/h1-3,7,10H,4-6,8-9H2,(H,19,23)(H,20,21). The Morgan fingerprint density at radius 2 is 2.26 bits per heavy atom. The van der Waals surface area contributed by atoms with Gasteiger partial charge in [0, 0.05) is 18.5 Å². The number of aromatic nitrogens is 2. The van der Waals surface area contributed by atoms with E-state index in [0.717, 1.165) is 10.9 Å². The number of nitrogens with zero attached hydrogens (tertiary/aromatic N) is 2. The number of benzene rings is 1. The van der Waals surface area contributed by atoms with Gasteiger partial charge in [-0.05, 0) is 31.0 Å². The van der Waals surface area contributed by atoms with E-state index >= 15 is 0 Å². The lowest BCUT2D eigenvalue weighted by atomic mass is 10.1. The molecule has 1 saturated heterocycles. The molecule has 0 bridgehead atoms. The van der Waals surface area contributed by atoms with Crippen molar-refractivity contribution < 1.29 is 18.0 Å². The summed E-state index contributed by atoms with van der Waals surface area (Å²) in [6.45, 7) is 0.264. The first kappa shape index (κ1) is 15.8. The fraction of sp³-hybridized carbons (Fsp3) is 0.467. The Morgan fingerprint density at radius 3 is 3.04 bits per heavy atom. The maximum absolute atomic E-state index is 12.4. The molecule has 23 heavy (non-hydrogen) atoms. The molecule has 1 aliphatic heterocycles. The van der Waals surface area contributed by atoms with Crippen molar-refractivity contribution in [1.29, 1.82) is 0 Å². The molecular formula is C15H17F3N4O. The van der Waals surface area contributed by atoms with E-state index in [1.54, 1.807) is 18.3 Å². The monoisotopic (exact) mass is 326 g/mol. The molecule has 0 saturated carbocycles. The highest BCUT2D eigenvalue weighted by Gasteiger charge is 2.34. The van der Waals surface area contributed by atoms with E-state index < -0.39 is 12.7 Å².